The summed E-state index contributed by atoms with van der Waals surface area (Å²) in [6.07, 6.45) is 1.66. The van der Waals surface area contributed by atoms with Gasteiger partial charge in [0.25, 0.3) is 0 Å². The first kappa shape index (κ1) is 19.8. The number of carbonyl (C=O) groups excluding carboxylic acids is 3. The summed E-state index contributed by atoms with van der Waals surface area (Å²) in [5.41, 5.74) is 1.63. The number of aliphatic hydroxyl groups is 1. The number of allylic oxidation sites excluding steroid dienone is 3. The highest BCUT2D eigenvalue weighted by Crippen LogP contribution is 2.37. The van der Waals surface area contributed by atoms with E-state index in [9.17, 15) is 19.5 Å². The summed E-state index contributed by atoms with van der Waals surface area (Å²) in [4.78, 5) is 36.4. The third-order valence-electron chi connectivity index (χ3n) is 4.74. The quantitative estimate of drug-likeness (QED) is 0.600. The summed E-state index contributed by atoms with van der Waals surface area (Å²) < 4.78 is 10.9. The molecule has 2 rings (SSSR count). The van der Waals surface area contributed by atoms with Crippen molar-refractivity contribution in [2.24, 2.45) is 5.92 Å². The molecule has 0 aromatic rings. The van der Waals surface area contributed by atoms with Crippen molar-refractivity contribution in [1.29, 1.82) is 0 Å². The number of ketones is 1. The molecule has 140 valence electrons. The smallest absolute Gasteiger partial charge is 0.334 e. The molecule has 4 atom stereocenters. The van der Waals surface area contributed by atoms with Gasteiger partial charge in [0.15, 0.2) is 5.78 Å². The van der Waals surface area contributed by atoms with Crippen molar-refractivity contribution in [3.8, 4) is 0 Å². The second-order valence-corrected chi connectivity index (χ2v) is 6.77. The molecule has 1 N–H and O–H groups in total. The van der Waals surface area contributed by atoms with Crippen LogP contribution in [0.3, 0.4) is 0 Å². The highest BCUT2D eigenvalue weighted by atomic mass is 16.6. The summed E-state index contributed by atoms with van der Waals surface area (Å²) >= 11 is 0. The summed E-state index contributed by atoms with van der Waals surface area (Å²) in [5.74, 6) is -2.15. The first-order chi connectivity index (χ1) is 12.1. The van der Waals surface area contributed by atoms with Crippen LogP contribution in [0.4, 0.5) is 0 Å². The van der Waals surface area contributed by atoms with E-state index in [-0.39, 0.29) is 17.8 Å². The molecule has 0 bridgehead atoms. The molecule has 6 nitrogen and oxygen atoms in total. The number of hydrogen-bond acceptors (Lipinski definition) is 6. The van der Waals surface area contributed by atoms with E-state index in [0.29, 0.717) is 16.7 Å². The third kappa shape index (κ3) is 4.02. The van der Waals surface area contributed by atoms with E-state index >= 15 is 0 Å². The molecule has 1 fully saturated rings. The van der Waals surface area contributed by atoms with Crippen LogP contribution in [0.15, 0.2) is 47.1 Å². The SMILES string of the molecule is C=C1C(=O)O[C@@H]2[C@H]1[C@@H](OC(=O)/C(C)=C/C)C/C(C)=C\C(=O)/C=C(\C)[C@@H]2O. The average molecular weight is 360 g/mol. The average Bonchev–Trinajstić information content (AvgIpc) is 2.86. The Labute approximate surface area is 152 Å². The van der Waals surface area contributed by atoms with Gasteiger partial charge in [0.1, 0.15) is 18.3 Å². The molecule has 0 aromatic heterocycles. The zero-order chi connectivity index (χ0) is 19.6. The summed E-state index contributed by atoms with van der Waals surface area (Å²) in [7, 11) is 0. The Morgan fingerprint density at radius 3 is 2.62 bits per heavy atom. The van der Waals surface area contributed by atoms with Gasteiger partial charge < -0.3 is 14.6 Å². The molecular weight excluding hydrogens is 336 g/mol. The molecule has 1 saturated heterocycles. The predicted molar refractivity (Wildman–Crippen MR) is 95.0 cm³/mol. The minimum atomic E-state index is -1.19. The van der Waals surface area contributed by atoms with Crippen molar-refractivity contribution < 1.29 is 29.0 Å². The third-order valence-corrected chi connectivity index (χ3v) is 4.74. The summed E-state index contributed by atoms with van der Waals surface area (Å²) in [6.45, 7) is 10.4. The maximum atomic E-state index is 12.3. The number of aliphatic hydroxyl groups excluding tert-OH is 1. The van der Waals surface area contributed by atoms with Crippen molar-refractivity contribution >= 4 is 17.7 Å². The Morgan fingerprint density at radius 2 is 2.00 bits per heavy atom. The molecule has 0 spiro atoms. The van der Waals surface area contributed by atoms with Gasteiger partial charge >= 0.3 is 11.9 Å². The molecule has 0 amide bonds. The molecule has 6 heteroatoms. The molecule has 0 radical (unpaired) electrons. The van der Waals surface area contributed by atoms with Gasteiger partial charge in [0.05, 0.1) is 5.92 Å². The highest BCUT2D eigenvalue weighted by Gasteiger charge is 2.48. The van der Waals surface area contributed by atoms with Gasteiger partial charge in [-0.3, -0.25) is 4.79 Å². The normalized spacial score (nSPS) is 34.2. The van der Waals surface area contributed by atoms with Gasteiger partial charge in [-0.25, -0.2) is 9.59 Å². The minimum absolute atomic E-state index is 0.150. The van der Waals surface area contributed by atoms with Gasteiger partial charge in [0.2, 0.25) is 0 Å². The first-order valence-electron chi connectivity index (χ1n) is 8.46. The van der Waals surface area contributed by atoms with E-state index in [2.05, 4.69) is 6.58 Å². The fraction of sp³-hybridized carbons (Fsp3) is 0.450. The van der Waals surface area contributed by atoms with Crippen LogP contribution in [0.2, 0.25) is 0 Å². The van der Waals surface area contributed by atoms with Gasteiger partial charge in [-0.2, -0.15) is 0 Å². The maximum Gasteiger partial charge on any atom is 0.334 e. The lowest BCUT2D eigenvalue weighted by Gasteiger charge is -2.30. The minimum Gasteiger partial charge on any atom is -0.458 e. The van der Waals surface area contributed by atoms with Crippen molar-refractivity contribution in [2.75, 3.05) is 0 Å². The second kappa shape index (κ2) is 7.83. The molecule has 26 heavy (non-hydrogen) atoms. The van der Waals surface area contributed by atoms with Crippen LogP contribution < -0.4 is 0 Å². The topological polar surface area (TPSA) is 89.9 Å². The molecule has 1 aliphatic carbocycles. The monoisotopic (exact) mass is 360 g/mol. The van der Waals surface area contributed by atoms with Crippen LogP contribution in [0.5, 0.6) is 0 Å². The standard InChI is InChI=1S/C20H24O6/c1-6-11(3)19(23)25-15-8-10(2)7-14(21)9-12(4)17(22)18-16(15)13(5)20(24)26-18/h6-7,9,15-18,22H,5,8H2,1-4H3/b10-7-,11-6+,12-9+/t15-,16+,17-,18+/m0/s1. The van der Waals surface area contributed by atoms with Crippen molar-refractivity contribution in [2.45, 2.75) is 52.4 Å². The first-order valence-corrected chi connectivity index (χ1v) is 8.46. The van der Waals surface area contributed by atoms with Crippen molar-refractivity contribution in [3.05, 3.63) is 47.1 Å². The molecule has 1 heterocycles. The number of fused-ring (bicyclic) bond motifs is 1. The van der Waals surface area contributed by atoms with E-state index < -0.39 is 36.2 Å². The predicted octanol–water partition coefficient (Wildman–Crippen LogP) is 2.19. The molecule has 0 unspecified atom stereocenters. The van der Waals surface area contributed by atoms with Crippen molar-refractivity contribution in [3.63, 3.8) is 0 Å². The Balaban J connectivity index is 2.49. The Hall–Kier alpha value is -2.47. The fourth-order valence-corrected chi connectivity index (χ4v) is 3.12. The van der Waals surface area contributed by atoms with Crippen LogP contribution in [-0.4, -0.2) is 41.1 Å². The van der Waals surface area contributed by atoms with Crippen molar-refractivity contribution in [1.82, 2.24) is 0 Å². The Morgan fingerprint density at radius 1 is 1.35 bits per heavy atom. The second-order valence-electron chi connectivity index (χ2n) is 6.77. The molecule has 0 saturated carbocycles. The fourth-order valence-electron chi connectivity index (χ4n) is 3.12. The molecule has 0 aromatic carbocycles. The van der Waals surface area contributed by atoms with Crippen LogP contribution >= 0.6 is 0 Å². The summed E-state index contributed by atoms with van der Waals surface area (Å²) in [6, 6.07) is 0. The van der Waals surface area contributed by atoms with E-state index in [1.54, 1.807) is 33.8 Å². The van der Waals surface area contributed by atoms with E-state index in [1.807, 2.05) is 0 Å². The lowest BCUT2D eigenvalue weighted by atomic mass is 9.83. The van der Waals surface area contributed by atoms with E-state index in [4.69, 9.17) is 9.47 Å². The van der Waals surface area contributed by atoms with Crippen LogP contribution in [-0.2, 0) is 23.9 Å². The van der Waals surface area contributed by atoms with E-state index in [1.165, 1.54) is 12.2 Å². The van der Waals surface area contributed by atoms with Crippen LogP contribution in [0.1, 0.15) is 34.1 Å². The number of rotatable bonds is 2. The number of hydrogen-bond donors (Lipinski definition) is 1. The lowest BCUT2D eigenvalue weighted by molar-refractivity contribution is -0.150. The molecule has 1 aliphatic heterocycles. The highest BCUT2D eigenvalue weighted by molar-refractivity contribution is 6.00. The Kier molecular flexibility index (Phi) is 5.97. The van der Waals surface area contributed by atoms with Crippen LogP contribution in [0.25, 0.3) is 0 Å². The van der Waals surface area contributed by atoms with Gasteiger partial charge in [-0.1, -0.05) is 18.2 Å². The zero-order valence-electron chi connectivity index (χ0n) is 15.4. The van der Waals surface area contributed by atoms with Crippen LogP contribution in [0, 0.1) is 5.92 Å². The summed E-state index contributed by atoms with van der Waals surface area (Å²) in [5, 5.41) is 10.6. The zero-order valence-corrected chi connectivity index (χ0v) is 15.4. The number of esters is 2. The largest absolute Gasteiger partial charge is 0.458 e. The Bertz CT molecular complexity index is 739. The maximum absolute atomic E-state index is 12.3. The van der Waals surface area contributed by atoms with Gasteiger partial charge in [-0.15, -0.1) is 0 Å². The number of ether oxygens (including phenoxy) is 2. The van der Waals surface area contributed by atoms with Gasteiger partial charge in [-0.05, 0) is 45.4 Å². The van der Waals surface area contributed by atoms with Gasteiger partial charge in [0, 0.05) is 17.6 Å². The van der Waals surface area contributed by atoms with E-state index in [0.717, 1.165) is 0 Å². The molecular formula is C20H24O6. The lowest BCUT2D eigenvalue weighted by Crippen LogP contribution is -2.41. The number of carbonyl (C=O) groups is 3. The molecule has 2 aliphatic rings.